The average molecular weight is 174 g/mol. The van der Waals surface area contributed by atoms with Gasteiger partial charge in [-0.05, 0) is 57.6 Å². The molecule has 11 heavy (non-hydrogen) atoms. The molecule has 1 rings (SSSR count). The van der Waals surface area contributed by atoms with Crippen LogP contribution in [0.5, 0.6) is 0 Å². The summed E-state index contributed by atoms with van der Waals surface area (Å²) in [5, 5.41) is 0.495. The third kappa shape index (κ3) is 2.38. The van der Waals surface area contributed by atoms with Crippen molar-refractivity contribution in [2.24, 2.45) is 0 Å². The molecular formula is C9H18OS. The monoisotopic (exact) mass is 174 g/mol. The quantitative estimate of drug-likeness (QED) is 0.560. The van der Waals surface area contributed by atoms with Crippen LogP contribution >= 0.6 is 0 Å². The minimum Gasteiger partial charge on any atom is -0.616 e. The third-order valence-corrected chi connectivity index (χ3v) is 4.49. The Labute approximate surface area is 72.7 Å². The van der Waals surface area contributed by atoms with Crippen molar-refractivity contribution in [3.8, 4) is 0 Å². The molecule has 1 unspecified atom stereocenters. The molecule has 0 bridgehead atoms. The maximum Gasteiger partial charge on any atom is 0.117 e. The van der Waals surface area contributed by atoms with E-state index in [4.69, 9.17) is 0 Å². The largest absolute Gasteiger partial charge is 0.616 e. The van der Waals surface area contributed by atoms with Crippen LogP contribution in [-0.2, 0) is 11.2 Å². The molecule has 1 saturated carbocycles. The van der Waals surface area contributed by atoms with Gasteiger partial charge in [-0.2, -0.15) is 0 Å². The van der Waals surface area contributed by atoms with E-state index in [0.29, 0.717) is 5.25 Å². The molecule has 0 aliphatic heterocycles. The first kappa shape index (κ1) is 9.40. The van der Waals surface area contributed by atoms with Gasteiger partial charge in [-0.1, -0.05) is 0 Å². The molecule has 2 heteroatoms. The van der Waals surface area contributed by atoms with Crippen LogP contribution in [0.25, 0.3) is 0 Å². The lowest BCUT2D eigenvalue weighted by Gasteiger charge is -2.29. The summed E-state index contributed by atoms with van der Waals surface area (Å²) in [6, 6.07) is 0. The molecule has 0 aromatic carbocycles. The highest BCUT2D eigenvalue weighted by Gasteiger charge is 2.35. The fraction of sp³-hybridized carbons (Fsp3) is 1.00. The topological polar surface area (TPSA) is 23.1 Å². The standard InChI is InChI=1S/C9H18OS/c1-9(2,3)11(10)8-6-4-5-7-8/h8H,4-7H2,1-3H3. The Morgan fingerprint density at radius 3 is 2.00 bits per heavy atom. The lowest BCUT2D eigenvalue weighted by Crippen LogP contribution is -2.35. The summed E-state index contributed by atoms with van der Waals surface area (Å²) in [5.41, 5.74) is 0. The lowest BCUT2D eigenvalue weighted by molar-refractivity contribution is 0.543. The maximum absolute atomic E-state index is 11.8. The van der Waals surface area contributed by atoms with Crippen molar-refractivity contribution >= 4 is 11.2 Å². The minimum absolute atomic E-state index is 0.00495. The van der Waals surface area contributed by atoms with Gasteiger partial charge in [0.15, 0.2) is 0 Å². The zero-order valence-electron chi connectivity index (χ0n) is 7.72. The molecule has 1 nitrogen and oxygen atoms in total. The molecule has 0 amide bonds. The molecular weight excluding hydrogens is 156 g/mol. The van der Waals surface area contributed by atoms with E-state index in [-0.39, 0.29) is 4.75 Å². The van der Waals surface area contributed by atoms with Gasteiger partial charge in [-0.15, -0.1) is 0 Å². The summed E-state index contributed by atoms with van der Waals surface area (Å²) in [7, 11) is 0. The molecule has 1 atom stereocenters. The van der Waals surface area contributed by atoms with Crippen molar-refractivity contribution in [3.63, 3.8) is 0 Å². The molecule has 0 aromatic rings. The van der Waals surface area contributed by atoms with Crippen LogP contribution in [0.4, 0.5) is 0 Å². The Balaban J connectivity index is 2.46. The van der Waals surface area contributed by atoms with Crippen LogP contribution < -0.4 is 0 Å². The normalized spacial score (nSPS) is 24.0. The van der Waals surface area contributed by atoms with Gasteiger partial charge in [0.25, 0.3) is 0 Å². The van der Waals surface area contributed by atoms with Crippen molar-refractivity contribution in [3.05, 3.63) is 0 Å². The molecule has 1 aliphatic carbocycles. The first-order valence-corrected chi connectivity index (χ1v) is 5.64. The summed E-state index contributed by atoms with van der Waals surface area (Å²) in [5.74, 6) is 0. The van der Waals surface area contributed by atoms with Gasteiger partial charge in [-0.25, -0.2) is 0 Å². The molecule has 66 valence electrons. The van der Waals surface area contributed by atoms with Crippen LogP contribution in [0.1, 0.15) is 46.5 Å². The number of hydrogen-bond acceptors (Lipinski definition) is 1. The first-order valence-electron chi connectivity index (χ1n) is 4.42. The Kier molecular flexibility index (Phi) is 2.87. The Hall–Kier alpha value is 0.310. The Morgan fingerprint density at radius 2 is 1.64 bits per heavy atom. The predicted molar refractivity (Wildman–Crippen MR) is 50.2 cm³/mol. The summed E-state index contributed by atoms with van der Waals surface area (Å²) in [6.45, 7) is 6.21. The van der Waals surface area contributed by atoms with E-state index in [9.17, 15) is 4.55 Å². The molecule has 0 N–H and O–H groups in total. The maximum atomic E-state index is 11.8. The van der Waals surface area contributed by atoms with E-state index < -0.39 is 11.2 Å². The SMILES string of the molecule is CC(C)(C)[S+]([O-])C1CCCC1. The van der Waals surface area contributed by atoms with E-state index in [1.807, 2.05) is 0 Å². The van der Waals surface area contributed by atoms with Gasteiger partial charge in [0.05, 0.1) is 0 Å². The highest BCUT2D eigenvalue weighted by atomic mass is 32.2. The highest BCUT2D eigenvalue weighted by molar-refractivity contribution is 7.93. The molecule has 0 saturated heterocycles. The van der Waals surface area contributed by atoms with Gasteiger partial charge in [0, 0.05) is 0 Å². The molecule has 1 aliphatic rings. The van der Waals surface area contributed by atoms with Gasteiger partial charge < -0.3 is 4.55 Å². The van der Waals surface area contributed by atoms with Crippen molar-refractivity contribution < 1.29 is 4.55 Å². The zero-order valence-corrected chi connectivity index (χ0v) is 8.54. The highest BCUT2D eigenvalue weighted by Crippen LogP contribution is 2.31. The second-order valence-corrected chi connectivity index (χ2v) is 6.80. The van der Waals surface area contributed by atoms with Gasteiger partial charge in [0.1, 0.15) is 10.00 Å². The first-order chi connectivity index (χ1) is 5.02. The van der Waals surface area contributed by atoms with E-state index in [1.165, 1.54) is 25.7 Å². The third-order valence-electron chi connectivity index (χ3n) is 2.21. The van der Waals surface area contributed by atoms with Crippen LogP contribution in [-0.4, -0.2) is 14.5 Å². The van der Waals surface area contributed by atoms with Crippen molar-refractivity contribution in [2.75, 3.05) is 0 Å². The molecule has 0 spiro atoms. The molecule has 0 radical (unpaired) electrons. The fourth-order valence-electron chi connectivity index (χ4n) is 1.60. The van der Waals surface area contributed by atoms with E-state index in [0.717, 1.165) is 0 Å². The Morgan fingerprint density at radius 1 is 1.18 bits per heavy atom. The van der Waals surface area contributed by atoms with Crippen LogP contribution in [0.2, 0.25) is 0 Å². The Bertz CT molecular complexity index is 122. The zero-order chi connectivity index (χ0) is 8.48. The van der Waals surface area contributed by atoms with Crippen molar-refractivity contribution in [1.82, 2.24) is 0 Å². The summed E-state index contributed by atoms with van der Waals surface area (Å²) >= 11 is -0.613. The van der Waals surface area contributed by atoms with Crippen molar-refractivity contribution in [2.45, 2.75) is 56.5 Å². The fourth-order valence-corrected chi connectivity index (χ4v) is 3.36. The van der Waals surface area contributed by atoms with Crippen LogP contribution in [0, 0.1) is 0 Å². The predicted octanol–water partition coefficient (Wildman–Crippen LogP) is 2.48. The summed E-state index contributed by atoms with van der Waals surface area (Å²) < 4.78 is 11.8. The molecule has 0 aromatic heterocycles. The smallest absolute Gasteiger partial charge is 0.117 e. The van der Waals surface area contributed by atoms with Gasteiger partial charge >= 0.3 is 0 Å². The number of rotatable bonds is 1. The van der Waals surface area contributed by atoms with E-state index in [2.05, 4.69) is 20.8 Å². The van der Waals surface area contributed by atoms with Crippen molar-refractivity contribution in [1.29, 1.82) is 0 Å². The van der Waals surface area contributed by atoms with Crippen LogP contribution in [0.3, 0.4) is 0 Å². The lowest BCUT2D eigenvalue weighted by atomic mass is 10.3. The minimum atomic E-state index is -0.613. The van der Waals surface area contributed by atoms with E-state index in [1.54, 1.807) is 0 Å². The molecule has 0 heterocycles. The second-order valence-electron chi connectivity index (χ2n) is 4.32. The van der Waals surface area contributed by atoms with Gasteiger partial charge in [0.2, 0.25) is 0 Å². The van der Waals surface area contributed by atoms with Crippen LogP contribution in [0.15, 0.2) is 0 Å². The second kappa shape index (κ2) is 3.36. The molecule has 1 fully saturated rings. The summed E-state index contributed by atoms with van der Waals surface area (Å²) in [4.78, 5) is 0. The van der Waals surface area contributed by atoms with E-state index >= 15 is 0 Å². The summed E-state index contributed by atoms with van der Waals surface area (Å²) in [6.07, 6.45) is 4.94. The van der Waals surface area contributed by atoms with Gasteiger partial charge in [-0.3, -0.25) is 0 Å². The number of hydrogen-bond donors (Lipinski definition) is 0. The average Bonchev–Trinajstić information content (AvgIpc) is 2.34.